The second-order valence-corrected chi connectivity index (χ2v) is 7.12. The van der Waals surface area contributed by atoms with E-state index >= 15 is 0 Å². The Balaban J connectivity index is 1.51. The molecule has 3 rings (SSSR count). The average molecular weight is 332 g/mol. The zero-order chi connectivity index (χ0) is 16.8. The number of hydrogen-bond donors (Lipinski definition) is 1. The lowest BCUT2D eigenvalue weighted by Gasteiger charge is -2.41. The second kappa shape index (κ2) is 8.52. The van der Waals surface area contributed by atoms with Crippen molar-refractivity contribution < 1.29 is 19.2 Å². The monoisotopic (exact) mass is 332 g/mol. The van der Waals surface area contributed by atoms with Gasteiger partial charge in [0.25, 0.3) is 0 Å². The minimum Gasteiger partial charge on any atom is -0.479 e. The van der Waals surface area contributed by atoms with Crippen molar-refractivity contribution in [3.05, 3.63) is 30.3 Å². The third kappa shape index (κ3) is 4.29. The lowest BCUT2D eigenvalue weighted by Crippen LogP contribution is -3.18. The fraction of sp³-hybridized carbons (Fsp3) is 0.650. The molecule has 4 nitrogen and oxygen atoms in total. The van der Waals surface area contributed by atoms with Gasteiger partial charge in [-0.3, -0.25) is 0 Å². The summed E-state index contributed by atoms with van der Waals surface area (Å²) in [4.78, 5) is 14.2. The first-order valence-corrected chi connectivity index (χ1v) is 9.51. The minimum absolute atomic E-state index is 0.218. The number of hydrogen-bond acceptors (Lipinski definition) is 3. The van der Waals surface area contributed by atoms with Crippen molar-refractivity contribution in [1.82, 2.24) is 0 Å². The highest BCUT2D eigenvalue weighted by Crippen LogP contribution is 2.21. The molecule has 0 saturated carbocycles. The van der Waals surface area contributed by atoms with Gasteiger partial charge in [0.1, 0.15) is 5.75 Å². The van der Waals surface area contributed by atoms with Crippen LogP contribution in [0.25, 0.3) is 0 Å². The molecule has 2 heterocycles. The molecule has 1 N–H and O–H groups in total. The quantitative estimate of drug-likeness (QED) is 0.812. The second-order valence-electron chi connectivity index (χ2n) is 7.12. The van der Waals surface area contributed by atoms with E-state index in [1.807, 2.05) is 37.3 Å². The highest BCUT2D eigenvalue weighted by atomic mass is 16.6. The Kier molecular flexibility index (Phi) is 6.13. The van der Waals surface area contributed by atoms with E-state index < -0.39 is 6.10 Å². The maximum atomic E-state index is 12.4. The van der Waals surface area contributed by atoms with Crippen LogP contribution in [0.15, 0.2) is 30.3 Å². The maximum Gasteiger partial charge on any atom is 0.347 e. The van der Waals surface area contributed by atoms with Crippen molar-refractivity contribution in [2.75, 3.05) is 19.7 Å². The van der Waals surface area contributed by atoms with Gasteiger partial charge in [-0.2, -0.15) is 0 Å². The summed E-state index contributed by atoms with van der Waals surface area (Å²) in [6, 6.07) is 10.2. The number of quaternary nitrogens is 1. The molecule has 0 amide bonds. The van der Waals surface area contributed by atoms with E-state index in [1.54, 1.807) is 4.90 Å². The number of esters is 1. The lowest BCUT2D eigenvalue weighted by molar-refractivity contribution is -0.940. The average Bonchev–Trinajstić information content (AvgIpc) is 2.65. The number of carbonyl (C=O) groups is 1. The molecular formula is C20H30NO3+. The number of fused-ring (bicyclic) bond motifs is 1. The van der Waals surface area contributed by atoms with Gasteiger partial charge >= 0.3 is 5.97 Å². The van der Waals surface area contributed by atoms with Crippen molar-refractivity contribution >= 4 is 5.97 Å². The normalized spacial score (nSPS) is 27.8. The third-order valence-electron chi connectivity index (χ3n) is 5.52. The van der Waals surface area contributed by atoms with Gasteiger partial charge in [0.05, 0.1) is 25.7 Å². The molecule has 24 heavy (non-hydrogen) atoms. The highest BCUT2D eigenvalue weighted by molar-refractivity contribution is 5.75. The molecule has 2 saturated heterocycles. The van der Waals surface area contributed by atoms with Crippen LogP contribution in [0, 0.1) is 5.92 Å². The van der Waals surface area contributed by atoms with Crippen LogP contribution in [0.4, 0.5) is 0 Å². The van der Waals surface area contributed by atoms with E-state index in [-0.39, 0.29) is 5.97 Å². The fourth-order valence-corrected chi connectivity index (χ4v) is 4.22. The molecule has 1 unspecified atom stereocenters. The smallest absolute Gasteiger partial charge is 0.347 e. The number of ether oxygens (including phenoxy) is 2. The van der Waals surface area contributed by atoms with Crippen LogP contribution >= 0.6 is 0 Å². The van der Waals surface area contributed by atoms with Gasteiger partial charge in [0, 0.05) is 5.92 Å². The van der Waals surface area contributed by atoms with Crippen molar-refractivity contribution in [3.8, 4) is 5.75 Å². The Morgan fingerprint density at radius 2 is 1.96 bits per heavy atom. The third-order valence-corrected chi connectivity index (χ3v) is 5.52. The van der Waals surface area contributed by atoms with E-state index in [0.717, 1.165) is 5.75 Å². The predicted molar refractivity (Wildman–Crippen MR) is 93.2 cm³/mol. The first kappa shape index (κ1) is 17.3. The van der Waals surface area contributed by atoms with Crippen LogP contribution in [-0.2, 0) is 9.53 Å². The first-order valence-electron chi connectivity index (χ1n) is 9.51. The Hall–Kier alpha value is -1.55. The molecule has 0 radical (unpaired) electrons. The SMILES string of the molecule is CC[C@@H](Oc1ccccc1)C(=O)OC[C@@H]1CCC[NH+]2CCCC[C@H]12. The van der Waals surface area contributed by atoms with Gasteiger partial charge in [-0.25, -0.2) is 4.79 Å². The summed E-state index contributed by atoms with van der Waals surface area (Å²) >= 11 is 0. The number of carbonyl (C=O) groups excluding carboxylic acids is 1. The number of rotatable bonds is 6. The Morgan fingerprint density at radius 3 is 2.75 bits per heavy atom. The van der Waals surface area contributed by atoms with Gasteiger partial charge in [-0.1, -0.05) is 25.1 Å². The molecule has 2 aliphatic heterocycles. The lowest BCUT2D eigenvalue weighted by atomic mass is 9.84. The largest absolute Gasteiger partial charge is 0.479 e. The molecule has 4 atom stereocenters. The predicted octanol–water partition coefficient (Wildman–Crippen LogP) is 2.23. The highest BCUT2D eigenvalue weighted by Gasteiger charge is 2.37. The Morgan fingerprint density at radius 1 is 1.17 bits per heavy atom. The van der Waals surface area contributed by atoms with Gasteiger partial charge in [0.2, 0.25) is 0 Å². The van der Waals surface area contributed by atoms with E-state index in [4.69, 9.17) is 9.47 Å². The number of benzene rings is 1. The van der Waals surface area contributed by atoms with Gasteiger partial charge in [-0.05, 0) is 50.7 Å². The summed E-state index contributed by atoms with van der Waals surface area (Å²) in [5.41, 5.74) is 0. The summed E-state index contributed by atoms with van der Waals surface area (Å²) in [5.74, 6) is 1.03. The summed E-state index contributed by atoms with van der Waals surface area (Å²) in [5, 5.41) is 0. The summed E-state index contributed by atoms with van der Waals surface area (Å²) in [6.45, 7) is 5.11. The number of nitrogens with one attached hydrogen (secondary N) is 1. The van der Waals surface area contributed by atoms with E-state index in [9.17, 15) is 4.79 Å². The maximum absolute atomic E-state index is 12.4. The van der Waals surface area contributed by atoms with Gasteiger partial charge in [-0.15, -0.1) is 0 Å². The fourth-order valence-electron chi connectivity index (χ4n) is 4.22. The topological polar surface area (TPSA) is 40.0 Å². The molecule has 0 spiro atoms. The van der Waals surface area contributed by atoms with Crippen molar-refractivity contribution in [2.24, 2.45) is 5.92 Å². The first-order chi connectivity index (χ1) is 11.8. The van der Waals surface area contributed by atoms with E-state index in [2.05, 4.69) is 0 Å². The van der Waals surface area contributed by atoms with E-state index in [1.165, 1.54) is 45.2 Å². The van der Waals surface area contributed by atoms with Gasteiger partial charge < -0.3 is 14.4 Å². The van der Waals surface area contributed by atoms with Crippen LogP contribution < -0.4 is 9.64 Å². The minimum atomic E-state index is -0.509. The molecule has 1 aromatic carbocycles. The van der Waals surface area contributed by atoms with Crippen LogP contribution in [0.3, 0.4) is 0 Å². The molecule has 2 fully saturated rings. The summed E-state index contributed by atoms with van der Waals surface area (Å²) in [7, 11) is 0. The van der Waals surface area contributed by atoms with Crippen LogP contribution in [0.2, 0.25) is 0 Å². The number of piperidine rings is 2. The molecule has 132 valence electrons. The molecule has 0 aliphatic carbocycles. The van der Waals surface area contributed by atoms with Crippen LogP contribution in [-0.4, -0.2) is 37.8 Å². The van der Waals surface area contributed by atoms with Crippen molar-refractivity contribution in [1.29, 1.82) is 0 Å². The molecule has 0 aromatic heterocycles. The van der Waals surface area contributed by atoms with Crippen molar-refractivity contribution in [3.63, 3.8) is 0 Å². The van der Waals surface area contributed by atoms with Crippen LogP contribution in [0.5, 0.6) is 5.75 Å². The standard InChI is InChI=1S/C20H29NO3/c1-2-19(24-17-10-4-3-5-11-17)20(22)23-15-16-9-8-14-21-13-7-6-12-18(16)21/h3-5,10-11,16,18-19H,2,6-9,12-15H2,1H3/p+1/t16-,18+,19+/m0/s1. The molecular weight excluding hydrogens is 302 g/mol. The van der Waals surface area contributed by atoms with E-state index in [0.29, 0.717) is 25.0 Å². The molecule has 1 aromatic rings. The molecule has 0 bridgehead atoms. The molecule has 2 aliphatic rings. The van der Waals surface area contributed by atoms with Crippen molar-refractivity contribution in [2.45, 2.75) is 57.6 Å². The van der Waals surface area contributed by atoms with Crippen LogP contribution in [0.1, 0.15) is 45.4 Å². The Bertz CT molecular complexity index is 517. The summed E-state index contributed by atoms with van der Waals surface area (Å²) in [6.07, 6.45) is 6.53. The Labute approximate surface area is 145 Å². The molecule has 4 heteroatoms. The zero-order valence-electron chi connectivity index (χ0n) is 14.7. The summed E-state index contributed by atoms with van der Waals surface area (Å²) < 4.78 is 11.5. The zero-order valence-corrected chi connectivity index (χ0v) is 14.7. The number of para-hydroxylation sites is 1. The van der Waals surface area contributed by atoms with Gasteiger partial charge in [0.15, 0.2) is 6.10 Å².